The van der Waals surface area contributed by atoms with E-state index in [4.69, 9.17) is 4.74 Å². The van der Waals surface area contributed by atoms with E-state index in [1.807, 2.05) is 9.80 Å². The summed E-state index contributed by atoms with van der Waals surface area (Å²) < 4.78 is 19.6. The molecule has 0 atom stereocenters. The molecule has 0 aromatic heterocycles. The van der Waals surface area contributed by atoms with E-state index in [0.29, 0.717) is 37.7 Å². The van der Waals surface area contributed by atoms with Crippen LogP contribution in [0.15, 0.2) is 12.1 Å². The van der Waals surface area contributed by atoms with Crippen LogP contribution in [-0.4, -0.2) is 57.4 Å². The van der Waals surface area contributed by atoms with Crippen molar-refractivity contribution in [3.05, 3.63) is 28.1 Å². The van der Waals surface area contributed by atoms with Crippen molar-refractivity contribution in [3.8, 4) is 0 Å². The van der Waals surface area contributed by atoms with Gasteiger partial charge in [-0.25, -0.2) is 4.39 Å². The molecule has 1 aromatic carbocycles. The molecule has 2 heterocycles. The Labute approximate surface area is 127 Å². The summed E-state index contributed by atoms with van der Waals surface area (Å²) in [5.74, 6) is -0.541. The number of hydrogen-bond acceptors (Lipinski definition) is 5. The average molecular weight is 311 g/mol. The van der Waals surface area contributed by atoms with Crippen LogP contribution < -0.4 is 15.1 Å². The number of quaternary nitrogens is 1. The third kappa shape index (κ3) is 2.97. The number of nitro groups is 1. The van der Waals surface area contributed by atoms with Crippen molar-refractivity contribution in [2.24, 2.45) is 0 Å². The molecular weight excluding hydrogens is 291 g/mol. The molecule has 120 valence electrons. The number of piperazine rings is 1. The molecule has 7 nitrogen and oxygen atoms in total. The molecule has 22 heavy (non-hydrogen) atoms. The van der Waals surface area contributed by atoms with E-state index < -0.39 is 10.7 Å². The molecule has 3 rings (SSSR count). The van der Waals surface area contributed by atoms with E-state index in [2.05, 4.69) is 5.32 Å². The van der Waals surface area contributed by atoms with Gasteiger partial charge in [-0.1, -0.05) is 0 Å². The molecule has 0 bridgehead atoms. The van der Waals surface area contributed by atoms with E-state index in [0.717, 1.165) is 32.2 Å². The molecule has 2 N–H and O–H groups in total. The van der Waals surface area contributed by atoms with Crippen LogP contribution in [0, 0.1) is 15.9 Å². The first kappa shape index (κ1) is 15.0. The first-order chi connectivity index (χ1) is 10.7. The highest BCUT2D eigenvalue weighted by Crippen LogP contribution is 2.35. The topological polar surface area (TPSA) is 75.5 Å². The van der Waals surface area contributed by atoms with Crippen LogP contribution in [0.25, 0.3) is 0 Å². The first-order valence-electron chi connectivity index (χ1n) is 7.54. The highest BCUT2D eigenvalue weighted by atomic mass is 19.1. The lowest BCUT2D eigenvalue weighted by Gasteiger charge is -2.31. The van der Waals surface area contributed by atoms with Gasteiger partial charge in [0, 0.05) is 13.1 Å². The van der Waals surface area contributed by atoms with Gasteiger partial charge in [-0.05, 0) is 6.07 Å². The van der Waals surface area contributed by atoms with Gasteiger partial charge < -0.3 is 19.9 Å². The highest BCUT2D eigenvalue weighted by molar-refractivity contribution is 5.71. The fraction of sp³-hybridized carbons (Fsp3) is 0.571. The molecular formula is C14H20FN4O3+. The third-order valence-electron chi connectivity index (χ3n) is 4.14. The van der Waals surface area contributed by atoms with E-state index in [1.165, 1.54) is 0 Å². The van der Waals surface area contributed by atoms with Crippen LogP contribution in [-0.2, 0) is 4.74 Å². The molecule has 2 aliphatic rings. The van der Waals surface area contributed by atoms with Gasteiger partial charge >= 0.3 is 0 Å². The molecule has 0 aliphatic carbocycles. The Bertz CT molecular complexity index is 557. The molecule has 1 aromatic rings. The first-order valence-corrected chi connectivity index (χ1v) is 7.54. The van der Waals surface area contributed by atoms with Gasteiger partial charge in [-0.3, -0.25) is 10.1 Å². The normalized spacial score (nSPS) is 19.3. The van der Waals surface area contributed by atoms with Crippen molar-refractivity contribution in [3.63, 3.8) is 0 Å². The number of nitrogens with zero attached hydrogens (tertiary/aromatic N) is 3. The Morgan fingerprint density at radius 2 is 1.73 bits per heavy atom. The highest BCUT2D eigenvalue weighted by Gasteiger charge is 2.27. The van der Waals surface area contributed by atoms with Crippen LogP contribution in [0.4, 0.5) is 21.5 Å². The molecule has 0 unspecified atom stereocenters. The average Bonchev–Trinajstić information content (AvgIpc) is 2.56. The van der Waals surface area contributed by atoms with Crippen LogP contribution in [0.3, 0.4) is 0 Å². The van der Waals surface area contributed by atoms with Gasteiger partial charge in [-0.15, -0.1) is 0 Å². The van der Waals surface area contributed by atoms with Crippen LogP contribution in [0.2, 0.25) is 0 Å². The summed E-state index contributed by atoms with van der Waals surface area (Å²) in [4.78, 5) is 14.6. The van der Waals surface area contributed by atoms with Gasteiger partial charge in [0.1, 0.15) is 5.69 Å². The zero-order valence-corrected chi connectivity index (χ0v) is 12.3. The Morgan fingerprint density at radius 1 is 1.09 bits per heavy atom. The summed E-state index contributed by atoms with van der Waals surface area (Å²) >= 11 is 0. The summed E-state index contributed by atoms with van der Waals surface area (Å²) in [6.07, 6.45) is 0. The number of nitrogens with two attached hydrogens (primary N) is 1. The fourth-order valence-electron chi connectivity index (χ4n) is 2.98. The number of rotatable bonds is 3. The molecule has 2 saturated heterocycles. The van der Waals surface area contributed by atoms with Crippen molar-refractivity contribution >= 4 is 17.1 Å². The van der Waals surface area contributed by atoms with Gasteiger partial charge in [0.25, 0.3) is 5.69 Å². The van der Waals surface area contributed by atoms with Crippen molar-refractivity contribution in [1.82, 2.24) is 0 Å². The van der Waals surface area contributed by atoms with Gasteiger partial charge in [0.15, 0.2) is 5.82 Å². The molecule has 0 amide bonds. The van der Waals surface area contributed by atoms with Crippen LogP contribution in [0.1, 0.15) is 0 Å². The van der Waals surface area contributed by atoms with Crippen molar-refractivity contribution in [1.29, 1.82) is 0 Å². The quantitative estimate of drug-likeness (QED) is 0.626. The van der Waals surface area contributed by atoms with Crippen molar-refractivity contribution < 1.29 is 19.4 Å². The summed E-state index contributed by atoms with van der Waals surface area (Å²) in [6.45, 7) is 5.53. The Kier molecular flexibility index (Phi) is 4.39. The number of anilines is 2. The van der Waals surface area contributed by atoms with Crippen LogP contribution in [0.5, 0.6) is 0 Å². The van der Waals surface area contributed by atoms with E-state index >= 15 is 0 Å². The fourth-order valence-corrected chi connectivity index (χ4v) is 2.98. The Morgan fingerprint density at radius 3 is 2.36 bits per heavy atom. The minimum atomic E-state index is -0.541. The van der Waals surface area contributed by atoms with Gasteiger partial charge in [0.05, 0.1) is 56.1 Å². The SMILES string of the molecule is O=[N+]([O-])c1cc(F)c(N2CCOCC2)cc1N1CC[NH2+]CC1. The summed E-state index contributed by atoms with van der Waals surface area (Å²) in [5.41, 5.74) is 0.788. The maximum absolute atomic E-state index is 14.3. The zero-order valence-electron chi connectivity index (χ0n) is 12.3. The number of benzene rings is 1. The summed E-state index contributed by atoms with van der Waals surface area (Å²) in [5, 5.41) is 13.5. The number of halogens is 1. The third-order valence-corrected chi connectivity index (χ3v) is 4.14. The molecule has 2 aliphatic heterocycles. The maximum Gasteiger partial charge on any atom is 0.295 e. The lowest BCUT2D eigenvalue weighted by atomic mass is 10.1. The number of ether oxygens (including phenoxy) is 1. The smallest absolute Gasteiger partial charge is 0.295 e. The number of morpholine rings is 1. The summed E-state index contributed by atoms with van der Waals surface area (Å²) in [7, 11) is 0. The minimum absolute atomic E-state index is 0.156. The second-order valence-corrected chi connectivity index (χ2v) is 5.50. The molecule has 0 radical (unpaired) electrons. The largest absolute Gasteiger partial charge is 0.378 e. The lowest BCUT2D eigenvalue weighted by molar-refractivity contribution is -0.655. The van der Waals surface area contributed by atoms with E-state index in [1.54, 1.807) is 6.07 Å². The van der Waals surface area contributed by atoms with Gasteiger partial charge in [0.2, 0.25) is 0 Å². The predicted molar refractivity (Wildman–Crippen MR) is 80.0 cm³/mol. The zero-order chi connectivity index (χ0) is 15.5. The summed E-state index contributed by atoms with van der Waals surface area (Å²) in [6, 6.07) is 2.68. The molecule has 0 saturated carbocycles. The number of hydrogen-bond donors (Lipinski definition) is 1. The lowest BCUT2D eigenvalue weighted by Crippen LogP contribution is -2.89. The molecule has 2 fully saturated rings. The molecule has 8 heteroatoms. The number of nitro benzene ring substituents is 1. The predicted octanol–water partition coefficient (Wildman–Crippen LogP) is -0.0461. The van der Waals surface area contributed by atoms with Crippen LogP contribution >= 0.6 is 0 Å². The standard InChI is InChI=1S/C14H19FN4O3/c15-11-9-14(19(20)21)13(17-3-1-16-2-4-17)10-12(11)18-5-7-22-8-6-18/h9-10,16H,1-8H2/p+1. The maximum atomic E-state index is 14.3. The minimum Gasteiger partial charge on any atom is -0.378 e. The van der Waals surface area contributed by atoms with Gasteiger partial charge in [-0.2, -0.15) is 0 Å². The Hall–Kier alpha value is -1.93. The monoisotopic (exact) mass is 311 g/mol. The molecule has 0 spiro atoms. The van der Waals surface area contributed by atoms with Crippen molar-refractivity contribution in [2.75, 3.05) is 62.3 Å². The Balaban J connectivity index is 1.98. The van der Waals surface area contributed by atoms with E-state index in [-0.39, 0.29) is 5.69 Å². The second kappa shape index (κ2) is 6.45. The van der Waals surface area contributed by atoms with E-state index in [9.17, 15) is 14.5 Å². The van der Waals surface area contributed by atoms with Crippen molar-refractivity contribution in [2.45, 2.75) is 0 Å². The second-order valence-electron chi connectivity index (χ2n) is 5.50.